The molecule has 2 heterocycles. The molecule has 1 atom stereocenters. The largest absolute Gasteiger partial charge is 0.506 e. The first-order chi connectivity index (χ1) is 14.5. The third kappa shape index (κ3) is 4.33. The molecule has 0 saturated carbocycles. The Morgan fingerprint density at radius 3 is 2.97 bits per heavy atom. The van der Waals surface area contributed by atoms with Crippen LogP contribution < -0.4 is 10.1 Å². The zero-order valence-corrected chi connectivity index (χ0v) is 16.8. The molecule has 4 rings (SSSR count). The molecule has 0 unspecified atom stereocenters. The van der Waals surface area contributed by atoms with Crippen molar-refractivity contribution in [3.05, 3.63) is 47.7 Å². The van der Waals surface area contributed by atoms with E-state index in [1.54, 1.807) is 12.1 Å². The van der Waals surface area contributed by atoms with Gasteiger partial charge < -0.3 is 25.2 Å². The normalized spacial score (nSPS) is 16.4. The van der Waals surface area contributed by atoms with Gasteiger partial charge in [0.05, 0.1) is 22.5 Å². The summed E-state index contributed by atoms with van der Waals surface area (Å²) in [6.45, 7) is 1.44. The van der Waals surface area contributed by atoms with Crippen LogP contribution >= 0.6 is 11.6 Å². The van der Waals surface area contributed by atoms with Gasteiger partial charge in [-0.1, -0.05) is 17.7 Å². The number of anilines is 2. The second-order valence-electron chi connectivity index (χ2n) is 7.21. The van der Waals surface area contributed by atoms with E-state index in [1.165, 1.54) is 17.3 Å². The molecule has 156 valence electrons. The maximum Gasteiger partial charge on any atom is 0.407 e. The number of carbonyl (C=O) groups is 1. The average molecular weight is 429 g/mol. The first-order valence-electron chi connectivity index (χ1n) is 9.61. The Morgan fingerprint density at radius 2 is 2.17 bits per heavy atom. The first kappa shape index (κ1) is 20.0. The molecule has 1 aliphatic rings. The highest BCUT2D eigenvalue weighted by atomic mass is 35.5. The number of aromatic hydroxyl groups is 1. The van der Waals surface area contributed by atoms with Gasteiger partial charge in [-0.15, -0.1) is 0 Å². The second-order valence-corrected chi connectivity index (χ2v) is 7.62. The summed E-state index contributed by atoms with van der Waals surface area (Å²) in [7, 11) is 0. The molecule has 9 heteroatoms. The fourth-order valence-corrected chi connectivity index (χ4v) is 3.78. The quantitative estimate of drug-likeness (QED) is 0.513. The van der Waals surface area contributed by atoms with E-state index in [4.69, 9.17) is 16.3 Å². The molecule has 1 aromatic heterocycles. The third-order valence-corrected chi connectivity index (χ3v) is 5.40. The van der Waals surface area contributed by atoms with Crippen LogP contribution in [0.15, 0.2) is 42.7 Å². The summed E-state index contributed by atoms with van der Waals surface area (Å²) in [5, 5.41) is 23.0. The second kappa shape index (κ2) is 8.62. The maximum atomic E-state index is 11.2. The van der Waals surface area contributed by atoms with Gasteiger partial charge in [0.25, 0.3) is 0 Å². The van der Waals surface area contributed by atoms with Crippen LogP contribution in [0.1, 0.15) is 12.8 Å². The number of phenols is 1. The van der Waals surface area contributed by atoms with Gasteiger partial charge in [-0.3, -0.25) is 0 Å². The number of aromatic nitrogens is 2. The molecule has 1 amide bonds. The van der Waals surface area contributed by atoms with E-state index < -0.39 is 6.09 Å². The van der Waals surface area contributed by atoms with E-state index in [9.17, 15) is 15.0 Å². The van der Waals surface area contributed by atoms with Gasteiger partial charge in [0.1, 0.15) is 23.6 Å². The first-order valence-corrected chi connectivity index (χ1v) is 9.99. The molecule has 1 aliphatic heterocycles. The Balaban J connectivity index is 1.57. The van der Waals surface area contributed by atoms with Gasteiger partial charge in [-0.2, -0.15) is 0 Å². The number of ether oxygens (including phenoxy) is 1. The summed E-state index contributed by atoms with van der Waals surface area (Å²) in [6.07, 6.45) is 2.31. The van der Waals surface area contributed by atoms with E-state index in [0.29, 0.717) is 42.5 Å². The highest BCUT2D eigenvalue weighted by Gasteiger charge is 2.24. The van der Waals surface area contributed by atoms with E-state index in [1.807, 2.05) is 18.2 Å². The van der Waals surface area contributed by atoms with Crippen molar-refractivity contribution in [3.8, 4) is 11.5 Å². The number of phenolic OH excluding ortho intramolecular Hbond substituents is 1. The number of nitrogens with one attached hydrogen (secondary N) is 1. The molecule has 1 fully saturated rings. The Hall–Kier alpha value is -3.26. The fourth-order valence-electron chi connectivity index (χ4n) is 3.60. The number of halogens is 1. The molecule has 3 N–H and O–H groups in total. The van der Waals surface area contributed by atoms with Crippen LogP contribution in [-0.4, -0.2) is 50.9 Å². The molecule has 2 aromatic carbocycles. The number of amides is 1. The summed E-state index contributed by atoms with van der Waals surface area (Å²) in [5.74, 6) is 1.30. The lowest BCUT2D eigenvalue weighted by Crippen LogP contribution is -2.40. The smallest absolute Gasteiger partial charge is 0.407 e. The van der Waals surface area contributed by atoms with Gasteiger partial charge in [0, 0.05) is 24.7 Å². The summed E-state index contributed by atoms with van der Waals surface area (Å²) >= 11 is 6.01. The van der Waals surface area contributed by atoms with E-state index in [-0.39, 0.29) is 16.7 Å². The molecule has 0 bridgehead atoms. The SMILES string of the molecule is O=C(O)N1CCC[C@H](COc2cccc3ncnc(Nc4ccc(O)c(Cl)c4)c23)C1. The van der Waals surface area contributed by atoms with Crippen molar-refractivity contribution in [2.45, 2.75) is 12.8 Å². The fraction of sp³-hybridized carbons (Fsp3) is 0.286. The minimum absolute atomic E-state index is 0.00155. The highest BCUT2D eigenvalue weighted by molar-refractivity contribution is 6.32. The minimum atomic E-state index is -0.891. The van der Waals surface area contributed by atoms with E-state index in [2.05, 4.69) is 15.3 Å². The summed E-state index contributed by atoms with van der Waals surface area (Å²) in [4.78, 5) is 21.4. The number of nitrogens with zero attached hydrogens (tertiary/aromatic N) is 3. The molecule has 0 radical (unpaired) electrons. The summed E-state index contributed by atoms with van der Waals surface area (Å²) < 4.78 is 6.10. The van der Waals surface area contributed by atoms with Crippen LogP contribution in [0.25, 0.3) is 10.9 Å². The molecular formula is C21H21ClN4O4. The van der Waals surface area contributed by atoms with Crippen molar-refractivity contribution >= 4 is 40.1 Å². The lowest BCUT2D eigenvalue weighted by molar-refractivity contribution is 0.105. The lowest BCUT2D eigenvalue weighted by Gasteiger charge is -2.30. The number of fused-ring (bicyclic) bond motifs is 1. The van der Waals surface area contributed by atoms with E-state index in [0.717, 1.165) is 18.2 Å². The van der Waals surface area contributed by atoms with Gasteiger partial charge in [-0.05, 0) is 43.2 Å². The number of hydrogen-bond donors (Lipinski definition) is 3. The summed E-state index contributed by atoms with van der Waals surface area (Å²) in [6, 6.07) is 10.4. The van der Waals surface area contributed by atoms with Crippen LogP contribution in [0.4, 0.5) is 16.3 Å². The molecule has 8 nitrogen and oxygen atoms in total. The monoisotopic (exact) mass is 428 g/mol. The van der Waals surface area contributed by atoms with Crippen molar-refractivity contribution in [1.29, 1.82) is 0 Å². The predicted octanol–water partition coefficient (Wildman–Crippen LogP) is 4.50. The number of likely N-dealkylation sites (tertiary alicyclic amines) is 1. The molecule has 30 heavy (non-hydrogen) atoms. The van der Waals surface area contributed by atoms with Gasteiger partial charge in [-0.25, -0.2) is 14.8 Å². The number of hydrogen-bond acceptors (Lipinski definition) is 6. The van der Waals surface area contributed by atoms with Crippen LogP contribution in [0, 0.1) is 5.92 Å². The standard InChI is InChI=1S/C21H21ClN4O4/c22-15-9-14(6-7-17(15)27)25-20-19-16(23-12-24-20)4-1-5-18(19)30-11-13-3-2-8-26(10-13)21(28)29/h1,4-7,9,12-13,27H,2-3,8,10-11H2,(H,28,29)(H,23,24,25)/t13-/m0/s1. The average Bonchev–Trinajstić information content (AvgIpc) is 2.75. The number of benzene rings is 2. The minimum Gasteiger partial charge on any atom is -0.506 e. The van der Waals surface area contributed by atoms with Crippen LogP contribution in [-0.2, 0) is 0 Å². The van der Waals surface area contributed by atoms with Gasteiger partial charge in [0.15, 0.2) is 0 Å². The molecule has 0 spiro atoms. The number of rotatable bonds is 5. The molecular weight excluding hydrogens is 408 g/mol. The third-order valence-electron chi connectivity index (χ3n) is 5.10. The van der Waals surface area contributed by atoms with Crippen molar-refractivity contribution in [1.82, 2.24) is 14.9 Å². The van der Waals surface area contributed by atoms with Crippen LogP contribution in [0.5, 0.6) is 11.5 Å². The lowest BCUT2D eigenvalue weighted by atomic mass is 9.99. The molecule has 3 aromatic rings. The number of piperidine rings is 1. The Kier molecular flexibility index (Phi) is 5.76. The summed E-state index contributed by atoms with van der Waals surface area (Å²) in [5.41, 5.74) is 1.38. The Morgan fingerprint density at radius 1 is 1.30 bits per heavy atom. The van der Waals surface area contributed by atoms with Crippen molar-refractivity contribution in [2.75, 3.05) is 25.0 Å². The molecule has 0 aliphatic carbocycles. The highest BCUT2D eigenvalue weighted by Crippen LogP contribution is 2.34. The topological polar surface area (TPSA) is 108 Å². The van der Waals surface area contributed by atoms with Crippen molar-refractivity contribution in [2.24, 2.45) is 5.92 Å². The zero-order chi connectivity index (χ0) is 21.1. The predicted molar refractivity (Wildman–Crippen MR) is 114 cm³/mol. The van der Waals surface area contributed by atoms with Crippen LogP contribution in [0.3, 0.4) is 0 Å². The van der Waals surface area contributed by atoms with Gasteiger partial charge >= 0.3 is 6.09 Å². The van der Waals surface area contributed by atoms with Gasteiger partial charge in [0.2, 0.25) is 0 Å². The maximum absolute atomic E-state index is 11.2. The molecule has 1 saturated heterocycles. The Bertz CT molecular complexity index is 1070. The van der Waals surface area contributed by atoms with E-state index >= 15 is 0 Å². The van der Waals surface area contributed by atoms with Crippen molar-refractivity contribution < 1.29 is 19.7 Å². The van der Waals surface area contributed by atoms with Crippen molar-refractivity contribution in [3.63, 3.8) is 0 Å². The number of carboxylic acid groups (broad SMARTS) is 1. The Labute approximate surface area is 178 Å². The zero-order valence-electron chi connectivity index (χ0n) is 16.1. The van der Waals surface area contributed by atoms with Crippen LogP contribution in [0.2, 0.25) is 5.02 Å².